The van der Waals surface area contributed by atoms with Crippen LogP contribution in [-0.4, -0.2) is 27.6 Å². The van der Waals surface area contributed by atoms with E-state index in [4.69, 9.17) is 10.8 Å². The van der Waals surface area contributed by atoms with E-state index in [0.717, 1.165) is 31.4 Å². The van der Waals surface area contributed by atoms with Crippen LogP contribution < -0.4 is 11.3 Å². The van der Waals surface area contributed by atoms with Crippen LogP contribution in [0.25, 0.3) is 10.2 Å². The molecule has 0 unspecified atom stereocenters. The van der Waals surface area contributed by atoms with Crippen LogP contribution in [0.5, 0.6) is 0 Å². The van der Waals surface area contributed by atoms with E-state index in [-0.39, 0.29) is 11.4 Å². The summed E-state index contributed by atoms with van der Waals surface area (Å²) in [7, 11) is 0. The van der Waals surface area contributed by atoms with Crippen molar-refractivity contribution in [1.82, 2.24) is 9.97 Å². The Bertz CT molecular complexity index is 718. The Hall–Kier alpha value is -1.73. The summed E-state index contributed by atoms with van der Waals surface area (Å²) in [6, 6.07) is 0. The Kier molecular flexibility index (Phi) is 4.74. The number of carboxylic acids is 1. The van der Waals surface area contributed by atoms with Crippen LogP contribution in [0.2, 0.25) is 0 Å². The highest BCUT2D eigenvalue weighted by Crippen LogP contribution is 2.34. The molecule has 3 rings (SSSR count). The fourth-order valence-electron chi connectivity index (χ4n) is 2.10. The maximum Gasteiger partial charge on any atom is 0.372 e. The molecule has 0 saturated heterocycles. The molecule has 0 radical (unpaired) electrons. The number of hydrogen-bond acceptors (Lipinski definition) is 5. The molecule has 0 saturated carbocycles. The van der Waals surface area contributed by atoms with E-state index in [0.29, 0.717) is 16.1 Å². The van der Waals surface area contributed by atoms with Gasteiger partial charge in [-0.25, -0.2) is 9.78 Å². The molecule has 0 amide bonds. The van der Waals surface area contributed by atoms with Crippen molar-refractivity contribution in [2.24, 2.45) is 11.7 Å². The Morgan fingerprint density at radius 2 is 2.14 bits per heavy atom. The first kappa shape index (κ1) is 15.7. The fraction of sp³-hybridized carbons (Fsp3) is 0.500. The van der Waals surface area contributed by atoms with Gasteiger partial charge in [0.25, 0.3) is 5.56 Å². The van der Waals surface area contributed by atoms with Crippen LogP contribution in [0.1, 0.15) is 41.3 Å². The van der Waals surface area contributed by atoms with Crippen molar-refractivity contribution in [2.45, 2.75) is 33.1 Å². The van der Waals surface area contributed by atoms with Crippen LogP contribution >= 0.6 is 11.3 Å². The largest absolute Gasteiger partial charge is 0.475 e. The number of rotatable bonds is 2. The summed E-state index contributed by atoms with van der Waals surface area (Å²) < 4.78 is 0. The van der Waals surface area contributed by atoms with E-state index < -0.39 is 5.97 Å². The Labute approximate surface area is 126 Å². The average molecular weight is 309 g/mol. The van der Waals surface area contributed by atoms with Crippen LogP contribution in [0, 0.1) is 5.92 Å². The zero-order valence-corrected chi connectivity index (χ0v) is 12.9. The molecule has 1 aliphatic rings. The molecule has 4 N–H and O–H groups in total. The first-order chi connectivity index (χ1) is 9.93. The van der Waals surface area contributed by atoms with Gasteiger partial charge in [0.1, 0.15) is 4.83 Å². The van der Waals surface area contributed by atoms with Crippen LogP contribution in [-0.2, 0) is 12.8 Å². The zero-order chi connectivity index (χ0) is 15.6. The number of thiophene rings is 1. The minimum Gasteiger partial charge on any atom is -0.475 e. The van der Waals surface area contributed by atoms with Gasteiger partial charge in [-0.1, -0.05) is 13.8 Å². The second kappa shape index (κ2) is 6.36. The van der Waals surface area contributed by atoms with Crippen LogP contribution in [0.4, 0.5) is 0 Å². The van der Waals surface area contributed by atoms with Crippen molar-refractivity contribution in [2.75, 3.05) is 6.54 Å². The molecule has 0 fully saturated rings. The van der Waals surface area contributed by atoms with Gasteiger partial charge in [0.2, 0.25) is 5.82 Å². The number of aromatic nitrogens is 2. The lowest BCUT2D eigenvalue weighted by Gasteiger charge is -1.95. The highest BCUT2D eigenvalue weighted by molar-refractivity contribution is 7.18. The number of nitrogens with one attached hydrogen (secondary N) is 1. The van der Waals surface area contributed by atoms with E-state index >= 15 is 0 Å². The van der Waals surface area contributed by atoms with Crippen LogP contribution in [0.15, 0.2) is 4.79 Å². The van der Waals surface area contributed by atoms with E-state index in [1.165, 1.54) is 16.2 Å². The molecule has 0 spiro atoms. The third-order valence-electron chi connectivity index (χ3n) is 3.25. The van der Waals surface area contributed by atoms with Gasteiger partial charge in [-0.3, -0.25) is 4.79 Å². The topological polar surface area (TPSA) is 109 Å². The molecule has 1 aliphatic carbocycles. The Morgan fingerprint density at radius 3 is 2.71 bits per heavy atom. The average Bonchev–Trinajstić information content (AvgIpc) is 2.98. The minimum absolute atomic E-state index is 0.280. The number of fused-ring (bicyclic) bond motifs is 3. The monoisotopic (exact) mass is 309 g/mol. The van der Waals surface area contributed by atoms with Crippen molar-refractivity contribution in [3.05, 3.63) is 26.6 Å². The van der Waals surface area contributed by atoms with Crippen molar-refractivity contribution >= 4 is 27.5 Å². The summed E-state index contributed by atoms with van der Waals surface area (Å²) in [6.07, 6.45) is 2.93. The number of aryl methyl sites for hydroxylation is 2. The SMILES string of the molecule is CC(C)CN.O=C(O)c1nc2sc3c(c2c(=O)[nH]1)CCC3. The molecule has 21 heavy (non-hydrogen) atoms. The molecule has 0 atom stereocenters. The summed E-state index contributed by atoms with van der Waals surface area (Å²) >= 11 is 1.44. The predicted octanol–water partition coefficient (Wildman–Crippen LogP) is 1.77. The first-order valence-electron chi connectivity index (χ1n) is 6.92. The predicted molar refractivity (Wildman–Crippen MR) is 83.1 cm³/mol. The quantitative estimate of drug-likeness (QED) is 0.783. The van der Waals surface area contributed by atoms with E-state index in [2.05, 4.69) is 23.8 Å². The minimum atomic E-state index is -1.20. The molecule has 7 heteroatoms. The van der Waals surface area contributed by atoms with E-state index in [1.54, 1.807) is 0 Å². The van der Waals surface area contributed by atoms with Gasteiger partial charge in [-0.15, -0.1) is 11.3 Å². The second-order valence-corrected chi connectivity index (χ2v) is 6.47. The summed E-state index contributed by atoms with van der Waals surface area (Å²) in [4.78, 5) is 30.5. The third kappa shape index (κ3) is 3.30. The van der Waals surface area contributed by atoms with Gasteiger partial charge in [0.05, 0.1) is 5.39 Å². The van der Waals surface area contributed by atoms with Crippen molar-refractivity contribution in [3.8, 4) is 0 Å². The summed E-state index contributed by atoms with van der Waals surface area (Å²) in [5, 5.41) is 9.37. The molecule has 2 aromatic rings. The summed E-state index contributed by atoms with van der Waals surface area (Å²) in [6.45, 7) is 5.00. The lowest BCUT2D eigenvalue weighted by molar-refractivity contribution is 0.0683. The molecule has 2 heterocycles. The Morgan fingerprint density at radius 1 is 1.48 bits per heavy atom. The van der Waals surface area contributed by atoms with Crippen LogP contribution in [0.3, 0.4) is 0 Å². The number of aromatic carboxylic acids is 1. The molecule has 0 bridgehead atoms. The van der Waals surface area contributed by atoms with Gasteiger partial charge in [-0.2, -0.15) is 0 Å². The van der Waals surface area contributed by atoms with E-state index in [1.807, 2.05) is 0 Å². The fourth-order valence-corrected chi connectivity index (χ4v) is 3.37. The van der Waals surface area contributed by atoms with Crippen molar-refractivity contribution in [1.29, 1.82) is 0 Å². The van der Waals surface area contributed by atoms with Gasteiger partial charge in [0, 0.05) is 4.88 Å². The normalized spacial score (nSPS) is 13.1. The summed E-state index contributed by atoms with van der Waals surface area (Å²) in [5.74, 6) is -0.819. The lowest BCUT2D eigenvalue weighted by Crippen LogP contribution is -2.15. The van der Waals surface area contributed by atoms with Gasteiger partial charge < -0.3 is 15.8 Å². The molecule has 114 valence electrons. The highest BCUT2D eigenvalue weighted by atomic mass is 32.1. The number of aromatic amines is 1. The number of carboxylic acid groups (broad SMARTS) is 1. The molecular formula is C14H19N3O3S. The molecular weight excluding hydrogens is 290 g/mol. The second-order valence-electron chi connectivity index (χ2n) is 5.39. The van der Waals surface area contributed by atoms with Crippen molar-refractivity contribution in [3.63, 3.8) is 0 Å². The standard InChI is InChI=1S/C10H8N2O3S.C4H11N/c13-8-6-4-2-1-3-5(4)16-9(6)12-7(11-8)10(14)15;1-4(2)3-5/h1-3H2,(H,14,15)(H,11,12,13);4H,3,5H2,1-2H3. The Balaban J connectivity index is 0.000000282. The van der Waals surface area contributed by atoms with Gasteiger partial charge in [0.15, 0.2) is 0 Å². The zero-order valence-electron chi connectivity index (χ0n) is 12.1. The maximum absolute atomic E-state index is 11.8. The lowest BCUT2D eigenvalue weighted by atomic mass is 10.2. The number of hydrogen-bond donors (Lipinski definition) is 3. The summed E-state index contributed by atoms with van der Waals surface area (Å²) in [5.41, 5.74) is 5.90. The number of nitrogens with two attached hydrogens (primary N) is 1. The molecule has 0 aliphatic heterocycles. The third-order valence-corrected chi connectivity index (χ3v) is 4.43. The first-order valence-corrected chi connectivity index (χ1v) is 7.73. The number of nitrogens with zero attached hydrogens (tertiary/aromatic N) is 1. The number of carbonyl (C=O) groups is 1. The van der Waals surface area contributed by atoms with Crippen molar-refractivity contribution < 1.29 is 9.90 Å². The molecule has 2 aromatic heterocycles. The van der Waals surface area contributed by atoms with E-state index in [9.17, 15) is 9.59 Å². The van der Waals surface area contributed by atoms with Gasteiger partial charge >= 0.3 is 5.97 Å². The molecule has 6 nitrogen and oxygen atoms in total. The van der Waals surface area contributed by atoms with Gasteiger partial charge in [-0.05, 0) is 37.3 Å². The smallest absolute Gasteiger partial charge is 0.372 e. The number of H-pyrrole nitrogens is 1. The highest BCUT2D eigenvalue weighted by Gasteiger charge is 2.21. The molecule has 0 aromatic carbocycles. The maximum atomic E-state index is 11.8.